The SMILES string of the molecule is CN1CCN(c2cccc3c2CC(OCN)CC3)CC1. The molecule has 1 aliphatic heterocycles. The Kier molecular flexibility index (Phi) is 4.24. The number of likely N-dealkylation sites (N-methyl/N-ethyl adjacent to an activating group) is 1. The lowest BCUT2D eigenvalue weighted by Gasteiger charge is -2.37. The summed E-state index contributed by atoms with van der Waals surface area (Å²) in [6.45, 7) is 4.86. The van der Waals surface area contributed by atoms with E-state index in [1.54, 1.807) is 0 Å². The van der Waals surface area contributed by atoms with Gasteiger partial charge in [-0.2, -0.15) is 0 Å². The zero-order valence-electron chi connectivity index (χ0n) is 12.3. The second-order valence-electron chi connectivity index (χ2n) is 5.90. The Balaban J connectivity index is 1.82. The number of anilines is 1. The van der Waals surface area contributed by atoms with Crippen LogP contribution in [0, 0.1) is 0 Å². The predicted octanol–water partition coefficient (Wildman–Crippen LogP) is 1.23. The topological polar surface area (TPSA) is 41.7 Å². The Morgan fingerprint density at radius 2 is 2.05 bits per heavy atom. The molecule has 1 aliphatic carbocycles. The van der Waals surface area contributed by atoms with Gasteiger partial charge >= 0.3 is 0 Å². The predicted molar refractivity (Wildman–Crippen MR) is 82.1 cm³/mol. The van der Waals surface area contributed by atoms with Crippen LogP contribution in [0.1, 0.15) is 17.5 Å². The highest BCUT2D eigenvalue weighted by atomic mass is 16.5. The largest absolute Gasteiger partial charge is 0.369 e. The van der Waals surface area contributed by atoms with E-state index in [2.05, 4.69) is 35.0 Å². The summed E-state index contributed by atoms with van der Waals surface area (Å²) in [6.07, 6.45) is 3.51. The molecule has 0 aromatic heterocycles. The fraction of sp³-hybridized carbons (Fsp3) is 0.625. The minimum Gasteiger partial charge on any atom is -0.369 e. The molecule has 0 bridgehead atoms. The summed E-state index contributed by atoms with van der Waals surface area (Å²) in [4.78, 5) is 4.93. The fourth-order valence-electron chi connectivity index (χ4n) is 3.36. The van der Waals surface area contributed by atoms with Crippen LogP contribution in [0.15, 0.2) is 18.2 Å². The summed E-state index contributed by atoms with van der Waals surface area (Å²) in [5.41, 5.74) is 9.94. The van der Waals surface area contributed by atoms with E-state index in [0.29, 0.717) is 12.8 Å². The zero-order valence-corrected chi connectivity index (χ0v) is 12.3. The van der Waals surface area contributed by atoms with Crippen molar-refractivity contribution < 1.29 is 4.74 Å². The number of benzene rings is 1. The van der Waals surface area contributed by atoms with Gasteiger partial charge in [0.2, 0.25) is 0 Å². The van der Waals surface area contributed by atoms with Crippen molar-refractivity contribution in [1.82, 2.24) is 4.90 Å². The van der Waals surface area contributed by atoms with Crippen molar-refractivity contribution >= 4 is 5.69 Å². The highest BCUT2D eigenvalue weighted by Crippen LogP contribution is 2.32. The molecule has 1 heterocycles. The molecule has 1 saturated heterocycles. The van der Waals surface area contributed by atoms with Gasteiger partial charge in [0.15, 0.2) is 0 Å². The van der Waals surface area contributed by atoms with E-state index >= 15 is 0 Å². The highest BCUT2D eigenvalue weighted by Gasteiger charge is 2.24. The fourth-order valence-corrected chi connectivity index (χ4v) is 3.36. The van der Waals surface area contributed by atoms with Gasteiger partial charge in [-0.05, 0) is 37.1 Å². The number of hydrogen-bond donors (Lipinski definition) is 1. The first-order valence-electron chi connectivity index (χ1n) is 7.64. The number of ether oxygens (including phenoxy) is 1. The number of aryl methyl sites for hydroxylation is 1. The maximum atomic E-state index is 5.65. The molecule has 4 heteroatoms. The minimum atomic E-state index is 0.293. The third-order valence-electron chi connectivity index (χ3n) is 4.59. The van der Waals surface area contributed by atoms with Crippen LogP contribution < -0.4 is 10.6 Å². The van der Waals surface area contributed by atoms with Crippen LogP contribution in [-0.2, 0) is 17.6 Å². The average molecular weight is 275 g/mol. The van der Waals surface area contributed by atoms with Gasteiger partial charge < -0.3 is 20.3 Å². The quantitative estimate of drug-likeness (QED) is 0.843. The van der Waals surface area contributed by atoms with Crippen molar-refractivity contribution in [2.24, 2.45) is 5.73 Å². The van der Waals surface area contributed by atoms with Gasteiger partial charge in [0, 0.05) is 38.3 Å². The molecular formula is C16H25N3O. The van der Waals surface area contributed by atoms with Gasteiger partial charge in [0.05, 0.1) is 12.8 Å². The maximum Gasteiger partial charge on any atom is 0.0944 e. The number of nitrogens with two attached hydrogens (primary N) is 1. The Morgan fingerprint density at radius 1 is 1.25 bits per heavy atom. The molecule has 1 fully saturated rings. The molecule has 20 heavy (non-hydrogen) atoms. The van der Waals surface area contributed by atoms with Crippen LogP contribution in [0.2, 0.25) is 0 Å². The third-order valence-corrected chi connectivity index (χ3v) is 4.59. The van der Waals surface area contributed by atoms with Crippen molar-refractivity contribution in [3.8, 4) is 0 Å². The standard InChI is InChI=1S/C16H25N3O/c1-18-7-9-19(10-8-18)16-4-2-3-13-5-6-14(20-12-17)11-15(13)16/h2-4,14H,5-12,17H2,1H3. The van der Waals surface area contributed by atoms with Crippen LogP contribution in [0.4, 0.5) is 5.69 Å². The van der Waals surface area contributed by atoms with Gasteiger partial charge in [0.1, 0.15) is 0 Å². The molecule has 1 unspecified atom stereocenters. The van der Waals surface area contributed by atoms with E-state index in [-0.39, 0.29) is 0 Å². The summed E-state index contributed by atoms with van der Waals surface area (Å²) in [5, 5.41) is 0. The first-order chi connectivity index (χ1) is 9.78. The molecule has 2 N–H and O–H groups in total. The first kappa shape index (κ1) is 13.9. The molecule has 0 radical (unpaired) electrons. The Hall–Kier alpha value is -1.10. The second-order valence-corrected chi connectivity index (χ2v) is 5.90. The van der Waals surface area contributed by atoms with E-state index in [1.165, 1.54) is 16.8 Å². The zero-order chi connectivity index (χ0) is 13.9. The summed E-state index contributed by atoms with van der Waals surface area (Å²) < 4.78 is 5.65. The van der Waals surface area contributed by atoms with Gasteiger partial charge in [0.25, 0.3) is 0 Å². The summed E-state index contributed by atoms with van der Waals surface area (Å²) in [5.74, 6) is 0. The van der Waals surface area contributed by atoms with Crippen LogP contribution in [0.3, 0.4) is 0 Å². The van der Waals surface area contributed by atoms with Crippen molar-refractivity contribution in [2.75, 3.05) is 44.9 Å². The summed E-state index contributed by atoms with van der Waals surface area (Å²) in [7, 11) is 2.20. The third kappa shape index (κ3) is 2.82. The van der Waals surface area contributed by atoms with Gasteiger partial charge in [-0.1, -0.05) is 12.1 Å². The Labute approximate surface area is 121 Å². The lowest BCUT2D eigenvalue weighted by atomic mass is 9.88. The average Bonchev–Trinajstić information content (AvgIpc) is 2.48. The number of rotatable bonds is 3. The van der Waals surface area contributed by atoms with Crippen LogP contribution in [0.5, 0.6) is 0 Å². The number of piperazine rings is 1. The molecule has 0 amide bonds. The van der Waals surface area contributed by atoms with Crippen molar-refractivity contribution in [3.05, 3.63) is 29.3 Å². The molecule has 1 aromatic rings. The molecule has 4 nitrogen and oxygen atoms in total. The normalized spacial score (nSPS) is 23.7. The number of nitrogens with zero attached hydrogens (tertiary/aromatic N) is 2. The summed E-state index contributed by atoms with van der Waals surface area (Å²) >= 11 is 0. The second kappa shape index (κ2) is 6.12. The molecule has 3 rings (SSSR count). The van der Waals surface area contributed by atoms with E-state index in [9.17, 15) is 0 Å². The lowest BCUT2D eigenvalue weighted by molar-refractivity contribution is 0.0488. The van der Waals surface area contributed by atoms with Gasteiger partial charge in [-0.3, -0.25) is 0 Å². The number of hydrogen-bond acceptors (Lipinski definition) is 4. The van der Waals surface area contributed by atoms with E-state index in [1.807, 2.05) is 0 Å². The lowest BCUT2D eigenvalue weighted by Crippen LogP contribution is -2.45. The van der Waals surface area contributed by atoms with Gasteiger partial charge in [-0.25, -0.2) is 0 Å². The first-order valence-corrected chi connectivity index (χ1v) is 7.64. The molecule has 0 spiro atoms. The van der Waals surface area contributed by atoms with E-state index in [0.717, 1.165) is 45.4 Å². The van der Waals surface area contributed by atoms with Crippen molar-refractivity contribution in [3.63, 3.8) is 0 Å². The smallest absolute Gasteiger partial charge is 0.0944 e. The van der Waals surface area contributed by atoms with Crippen LogP contribution in [0.25, 0.3) is 0 Å². The molecule has 1 atom stereocenters. The summed E-state index contributed by atoms with van der Waals surface area (Å²) in [6, 6.07) is 6.75. The van der Waals surface area contributed by atoms with Crippen molar-refractivity contribution in [1.29, 1.82) is 0 Å². The Morgan fingerprint density at radius 3 is 2.80 bits per heavy atom. The maximum absolute atomic E-state index is 5.65. The van der Waals surface area contributed by atoms with E-state index < -0.39 is 0 Å². The molecule has 0 saturated carbocycles. The molecule has 2 aliphatic rings. The van der Waals surface area contributed by atoms with Crippen molar-refractivity contribution in [2.45, 2.75) is 25.4 Å². The molecule has 110 valence electrons. The highest BCUT2D eigenvalue weighted by molar-refractivity contribution is 5.58. The molecule has 1 aromatic carbocycles. The monoisotopic (exact) mass is 275 g/mol. The van der Waals surface area contributed by atoms with Crippen LogP contribution >= 0.6 is 0 Å². The van der Waals surface area contributed by atoms with Crippen LogP contribution in [-0.4, -0.2) is 51.0 Å². The number of fused-ring (bicyclic) bond motifs is 1. The van der Waals surface area contributed by atoms with E-state index in [4.69, 9.17) is 10.5 Å². The van der Waals surface area contributed by atoms with Gasteiger partial charge in [-0.15, -0.1) is 0 Å². The Bertz CT molecular complexity index is 455. The molecular weight excluding hydrogens is 250 g/mol. The minimum absolute atomic E-state index is 0.293.